The molecule has 4 nitrogen and oxygen atoms in total. The van der Waals surface area contributed by atoms with Crippen molar-refractivity contribution in [3.8, 4) is 0 Å². The fourth-order valence-electron chi connectivity index (χ4n) is 2.47. The summed E-state index contributed by atoms with van der Waals surface area (Å²) in [6.07, 6.45) is 0.139. The summed E-state index contributed by atoms with van der Waals surface area (Å²) in [4.78, 5) is 8.65. The van der Waals surface area contributed by atoms with Gasteiger partial charge in [0.25, 0.3) is 0 Å². The third-order valence-corrected chi connectivity index (χ3v) is 4.46. The Morgan fingerprint density at radius 2 is 1.95 bits per heavy atom. The quantitative estimate of drug-likeness (QED) is 0.743. The summed E-state index contributed by atoms with van der Waals surface area (Å²) in [6, 6.07) is 0. The molecule has 0 bridgehead atoms. The lowest BCUT2D eigenvalue weighted by molar-refractivity contribution is -0.177. The fraction of sp³-hybridized carbons (Fsp3) is 0.692. The maximum atomic E-state index is 12.1. The second kappa shape index (κ2) is 7.08. The number of hydrogen-bond acceptors (Lipinski definition) is 4. The molecule has 118 valence electrons. The average Bonchev–Trinajstić information content (AvgIpc) is 2.92. The van der Waals surface area contributed by atoms with Crippen molar-refractivity contribution >= 4 is 28.4 Å². The molecule has 1 N–H and O–H groups in total. The van der Waals surface area contributed by atoms with Crippen molar-refractivity contribution in [2.45, 2.75) is 44.4 Å². The minimum absolute atomic E-state index is 0.231. The SMILES string of the molecule is CNc1nc(COCC(F)(F)F)nc(C2CCCC2)c1I. The summed E-state index contributed by atoms with van der Waals surface area (Å²) in [5.74, 6) is 1.32. The van der Waals surface area contributed by atoms with Crippen LogP contribution in [0.15, 0.2) is 0 Å². The largest absolute Gasteiger partial charge is 0.411 e. The Labute approximate surface area is 135 Å². The topological polar surface area (TPSA) is 47.0 Å². The van der Waals surface area contributed by atoms with E-state index in [0.29, 0.717) is 17.6 Å². The summed E-state index contributed by atoms with van der Waals surface area (Å²) in [5.41, 5.74) is 0.929. The van der Waals surface area contributed by atoms with Gasteiger partial charge in [0.15, 0.2) is 5.82 Å². The number of anilines is 1. The highest BCUT2D eigenvalue weighted by Crippen LogP contribution is 2.36. The van der Waals surface area contributed by atoms with E-state index in [2.05, 4.69) is 42.6 Å². The normalized spacial score (nSPS) is 16.4. The van der Waals surface area contributed by atoms with E-state index in [9.17, 15) is 13.2 Å². The van der Waals surface area contributed by atoms with Gasteiger partial charge >= 0.3 is 6.18 Å². The lowest BCUT2D eigenvalue weighted by Crippen LogP contribution is -2.18. The van der Waals surface area contributed by atoms with Crippen LogP contribution in [0.2, 0.25) is 0 Å². The second-order valence-corrected chi connectivity index (χ2v) is 6.11. The van der Waals surface area contributed by atoms with Crippen LogP contribution >= 0.6 is 22.6 Å². The van der Waals surface area contributed by atoms with Gasteiger partial charge in [-0.2, -0.15) is 13.2 Å². The molecule has 1 fully saturated rings. The van der Waals surface area contributed by atoms with Gasteiger partial charge in [0, 0.05) is 13.0 Å². The van der Waals surface area contributed by atoms with Crippen LogP contribution in [0.1, 0.15) is 43.1 Å². The predicted molar refractivity (Wildman–Crippen MR) is 81.2 cm³/mol. The van der Waals surface area contributed by atoms with Crippen molar-refractivity contribution in [1.29, 1.82) is 0 Å². The molecule has 0 radical (unpaired) electrons. The van der Waals surface area contributed by atoms with E-state index in [-0.39, 0.29) is 6.61 Å². The Balaban J connectivity index is 2.15. The molecule has 1 aliphatic carbocycles. The molecule has 1 aliphatic rings. The number of rotatable bonds is 5. The lowest BCUT2D eigenvalue weighted by atomic mass is 10.0. The molecule has 0 amide bonds. The second-order valence-electron chi connectivity index (χ2n) is 5.03. The molecule has 0 aliphatic heterocycles. The standard InChI is InChI=1S/C13H17F3IN3O/c1-18-12-10(17)11(8-4-2-3-5-8)19-9(20-12)6-21-7-13(14,15)16/h8H,2-7H2,1H3,(H,18,19,20). The molecule has 0 aromatic carbocycles. The number of halogens is 4. The van der Waals surface area contributed by atoms with Gasteiger partial charge in [-0.25, -0.2) is 9.97 Å². The highest BCUT2D eigenvalue weighted by atomic mass is 127. The molecule has 0 unspecified atom stereocenters. The van der Waals surface area contributed by atoms with Gasteiger partial charge in [0.1, 0.15) is 19.0 Å². The first-order chi connectivity index (χ1) is 9.90. The Bertz CT molecular complexity index is 490. The molecule has 0 saturated heterocycles. The number of aromatic nitrogens is 2. The monoisotopic (exact) mass is 415 g/mol. The molecule has 21 heavy (non-hydrogen) atoms. The van der Waals surface area contributed by atoms with E-state index in [1.165, 1.54) is 12.8 Å². The van der Waals surface area contributed by atoms with Crippen LogP contribution in [0.3, 0.4) is 0 Å². The number of alkyl halides is 3. The van der Waals surface area contributed by atoms with Crippen LogP contribution in [0.25, 0.3) is 0 Å². The minimum atomic E-state index is -4.33. The van der Waals surface area contributed by atoms with E-state index in [1.54, 1.807) is 7.05 Å². The summed E-state index contributed by atoms with van der Waals surface area (Å²) < 4.78 is 41.9. The zero-order valence-electron chi connectivity index (χ0n) is 11.6. The van der Waals surface area contributed by atoms with Crippen LogP contribution in [0.4, 0.5) is 19.0 Å². The summed E-state index contributed by atoms with van der Waals surface area (Å²) in [5, 5.41) is 2.97. The van der Waals surface area contributed by atoms with Gasteiger partial charge in [-0.15, -0.1) is 0 Å². The van der Waals surface area contributed by atoms with Gasteiger partial charge in [-0.05, 0) is 35.4 Å². The van der Waals surface area contributed by atoms with Crippen LogP contribution in [-0.2, 0) is 11.3 Å². The molecule has 8 heteroatoms. The van der Waals surface area contributed by atoms with Gasteiger partial charge in [0.2, 0.25) is 0 Å². The Hall–Kier alpha value is -0.640. The molecule has 1 heterocycles. The fourth-order valence-corrected chi connectivity index (χ4v) is 3.42. The zero-order valence-corrected chi connectivity index (χ0v) is 13.8. The van der Waals surface area contributed by atoms with Crippen LogP contribution in [-0.4, -0.2) is 29.8 Å². The molecule has 2 rings (SSSR count). The molecular formula is C13H17F3IN3O. The van der Waals surface area contributed by atoms with E-state index >= 15 is 0 Å². The predicted octanol–water partition coefficient (Wildman–Crippen LogP) is 3.86. The number of hydrogen-bond donors (Lipinski definition) is 1. The Morgan fingerprint density at radius 3 is 2.52 bits per heavy atom. The first-order valence-corrected chi connectivity index (χ1v) is 7.87. The van der Waals surface area contributed by atoms with Crippen molar-refractivity contribution in [3.05, 3.63) is 15.1 Å². The van der Waals surface area contributed by atoms with Crippen molar-refractivity contribution in [1.82, 2.24) is 9.97 Å². The number of nitrogens with one attached hydrogen (secondary N) is 1. The summed E-state index contributed by atoms with van der Waals surface area (Å²) >= 11 is 2.19. The molecular weight excluding hydrogens is 398 g/mol. The first-order valence-electron chi connectivity index (χ1n) is 6.79. The van der Waals surface area contributed by atoms with Crippen LogP contribution < -0.4 is 5.32 Å². The first kappa shape index (κ1) is 16.7. The molecule has 0 atom stereocenters. The maximum Gasteiger partial charge on any atom is 0.411 e. The van der Waals surface area contributed by atoms with E-state index < -0.39 is 12.8 Å². The molecule has 0 spiro atoms. The third-order valence-electron chi connectivity index (χ3n) is 3.40. The highest BCUT2D eigenvalue weighted by Gasteiger charge is 2.28. The van der Waals surface area contributed by atoms with E-state index in [4.69, 9.17) is 0 Å². The summed E-state index contributed by atoms with van der Waals surface area (Å²) in [6.45, 7) is -1.51. The van der Waals surface area contributed by atoms with Gasteiger partial charge in [0.05, 0.1) is 9.26 Å². The van der Waals surface area contributed by atoms with Crippen molar-refractivity contribution in [3.63, 3.8) is 0 Å². The van der Waals surface area contributed by atoms with Crippen molar-refractivity contribution < 1.29 is 17.9 Å². The van der Waals surface area contributed by atoms with Gasteiger partial charge in [-0.1, -0.05) is 12.8 Å². The molecule has 1 saturated carbocycles. The van der Waals surface area contributed by atoms with Crippen LogP contribution in [0, 0.1) is 3.57 Å². The van der Waals surface area contributed by atoms with Crippen molar-refractivity contribution in [2.75, 3.05) is 19.0 Å². The maximum absolute atomic E-state index is 12.1. The minimum Gasteiger partial charge on any atom is -0.372 e. The number of nitrogens with zero attached hydrogens (tertiary/aromatic N) is 2. The van der Waals surface area contributed by atoms with Crippen LogP contribution in [0.5, 0.6) is 0 Å². The Kier molecular flexibility index (Phi) is 5.64. The third kappa shape index (κ3) is 4.67. The molecule has 1 aromatic heterocycles. The van der Waals surface area contributed by atoms with E-state index in [1.807, 2.05) is 0 Å². The zero-order chi connectivity index (χ0) is 15.5. The summed E-state index contributed by atoms with van der Waals surface area (Å²) in [7, 11) is 1.74. The number of ether oxygens (including phenoxy) is 1. The lowest BCUT2D eigenvalue weighted by Gasteiger charge is -2.15. The van der Waals surface area contributed by atoms with Gasteiger partial charge < -0.3 is 10.1 Å². The highest BCUT2D eigenvalue weighted by molar-refractivity contribution is 14.1. The smallest absolute Gasteiger partial charge is 0.372 e. The molecule has 1 aromatic rings. The Morgan fingerprint density at radius 1 is 1.29 bits per heavy atom. The van der Waals surface area contributed by atoms with Gasteiger partial charge in [-0.3, -0.25) is 0 Å². The van der Waals surface area contributed by atoms with E-state index in [0.717, 1.165) is 22.1 Å². The average molecular weight is 415 g/mol. The van der Waals surface area contributed by atoms with Crippen molar-refractivity contribution in [2.24, 2.45) is 0 Å².